The zero-order valence-corrected chi connectivity index (χ0v) is 31.1. The van der Waals surface area contributed by atoms with Gasteiger partial charge >= 0.3 is 6.03 Å². The highest BCUT2D eigenvalue weighted by molar-refractivity contribution is 7.90. The van der Waals surface area contributed by atoms with Crippen molar-refractivity contribution in [2.45, 2.75) is 43.2 Å². The van der Waals surface area contributed by atoms with Crippen LogP contribution in [0.5, 0.6) is 5.75 Å². The molecule has 2 heterocycles. The summed E-state index contributed by atoms with van der Waals surface area (Å²) < 4.78 is 42.2. The van der Waals surface area contributed by atoms with Crippen molar-refractivity contribution >= 4 is 56.1 Å². The number of benzene rings is 3. The summed E-state index contributed by atoms with van der Waals surface area (Å²) in [6.07, 6.45) is 3.40. The maximum absolute atomic E-state index is 15.1. The van der Waals surface area contributed by atoms with E-state index in [1.165, 1.54) is 6.26 Å². The minimum absolute atomic E-state index is 0.131. The van der Waals surface area contributed by atoms with Gasteiger partial charge in [0, 0.05) is 48.5 Å². The third-order valence-electron chi connectivity index (χ3n) is 9.40. The van der Waals surface area contributed by atoms with Crippen LogP contribution in [-0.2, 0) is 32.1 Å². The molecule has 1 unspecified atom stereocenters. The molecule has 3 aromatic rings. The summed E-state index contributed by atoms with van der Waals surface area (Å²) >= 11 is 11.4. The van der Waals surface area contributed by atoms with E-state index in [0.29, 0.717) is 77.8 Å². The SMILES string of the molecule is CCOc1ccc([S+](C)[O-])cc1C1=N[C@@](C)(c2ccc(Cl)cc2)[C@@](C)(c2ccc(Cl)cc2)N1C(=O)N1CCN(CCCS(C)(=O)=O)CC1. The van der Waals surface area contributed by atoms with Gasteiger partial charge in [0.1, 0.15) is 38.8 Å². The van der Waals surface area contributed by atoms with Crippen LogP contribution >= 0.6 is 23.2 Å². The number of ether oxygens (including phenoxy) is 1. The van der Waals surface area contributed by atoms with E-state index in [0.717, 1.165) is 11.1 Å². The number of hydrogen-bond acceptors (Lipinski definition) is 7. The van der Waals surface area contributed by atoms with Gasteiger partial charge in [0.25, 0.3) is 0 Å². The summed E-state index contributed by atoms with van der Waals surface area (Å²) in [7, 11) is -3.04. The first-order chi connectivity index (χ1) is 22.7. The molecular formula is C35H42Cl2N4O5S2. The molecule has 5 rings (SSSR count). The Morgan fingerprint density at radius 1 is 0.958 bits per heavy atom. The predicted molar refractivity (Wildman–Crippen MR) is 194 cm³/mol. The van der Waals surface area contributed by atoms with Crippen molar-refractivity contribution in [1.29, 1.82) is 0 Å². The number of carbonyl (C=O) groups is 1. The Balaban J connectivity index is 1.65. The van der Waals surface area contributed by atoms with Crippen molar-refractivity contribution < 1.29 is 22.5 Å². The number of carbonyl (C=O) groups excluding carboxylic acids is 1. The van der Waals surface area contributed by atoms with E-state index in [1.54, 1.807) is 29.4 Å². The maximum Gasteiger partial charge on any atom is 0.326 e. The van der Waals surface area contributed by atoms with E-state index in [4.69, 9.17) is 32.9 Å². The fraction of sp³-hybridized carbons (Fsp3) is 0.429. The standard InChI is InChI=1S/C35H42Cl2N4O5S2/c1-6-46-31-17-16-29(47(4)43)24-30(31)32-38-34(2,25-8-12-27(36)13-9-25)35(3,26-10-14-28(37)15-11-26)41(32)33(42)40-21-19-39(20-22-40)18-7-23-48(5,44)45/h8-17,24H,6-7,18-23H2,1-5H3/t34-,35+,47?/m0/s1. The summed E-state index contributed by atoms with van der Waals surface area (Å²) in [5, 5.41) is 1.15. The van der Waals surface area contributed by atoms with Gasteiger partial charge < -0.3 is 14.2 Å². The number of sulfone groups is 1. The Bertz CT molecular complexity index is 1760. The summed E-state index contributed by atoms with van der Waals surface area (Å²) in [5.41, 5.74) is 0.143. The minimum atomic E-state index is -3.04. The molecule has 1 saturated heterocycles. The van der Waals surface area contributed by atoms with Gasteiger partial charge in [0.15, 0.2) is 4.90 Å². The molecule has 13 heteroatoms. The lowest BCUT2D eigenvalue weighted by Gasteiger charge is -2.47. The summed E-state index contributed by atoms with van der Waals surface area (Å²) in [6.45, 7) is 9.06. The molecule has 0 aromatic heterocycles. The largest absolute Gasteiger partial charge is 0.612 e. The molecule has 0 radical (unpaired) electrons. The van der Waals surface area contributed by atoms with Crippen molar-refractivity contribution in [3.05, 3.63) is 93.5 Å². The fourth-order valence-corrected chi connectivity index (χ4v) is 8.01. The molecule has 2 aliphatic rings. The third kappa shape index (κ3) is 7.37. The highest BCUT2D eigenvalue weighted by atomic mass is 35.5. The molecule has 0 saturated carbocycles. The lowest BCUT2D eigenvalue weighted by atomic mass is 9.71. The molecule has 1 fully saturated rings. The van der Waals surface area contributed by atoms with Crippen LogP contribution in [0.2, 0.25) is 10.0 Å². The highest BCUT2D eigenvalue weighted by Crippen LogP contribution is 2.54. The average Bonchev–Trinajstić information content (AvgIpc) is 3.29. The molecule has 0 N–H and O–H groups in total. The Morgan fingerprint density at radius 2 is 1.54 bits per heavy atom. The predicted octanol–water partition coefficient (Wildman–Crippen LogP) is 6.19. The van der Waals surface area contributed by atoms with E-state index < -0.39 is 32.1 Å². The monoisotopic (exact) mass is 732 g/mol. The number of piperazine rings is 1. The zero-order valence-electron chi connectivity index (χ0n) is 27.9. The van der Waals surface area contributed by atoms with Gasteiger partial charge in [-0.05, 0) is 92.4 Å². The van der Waals surface area contributed by atoms with Crippen LogP contribution in [0.25, 0.3) is 0 Å². The number of urea groups is 1. The number of rotatable bonds is 10. The van der Waals surface area contributed by atoms with E-state index in [-0.39, 0.29) is 11.8 Å². The second-order valence-corrected chi connectivity index (χ2v) is 17.1. The van der Waals surface area contributed by atoms with E-state index >= 15 is 4.79 Å². The number of hydrogen-bond donors (Lipinski definition) is 0. The summed E-state index contributed by atoms with van der Waals surface area (Å²) in [6, 6.07) is 20.1. The second kappa shape index (κ2) is 14.6. The van der Waals surface area contributed by atoms with Gasteiger partial charge in [0.2, 0.25) is 0 Å². The molecular weight excluding hydrogens is 691 g/mol. The van der Waals surface area contributed by atoms with Gasteiger partial charge in [-0.2, -0.15) is 0 Å². The number of halogens is 2. The van der Waals surface area contributed by atoms with Crippen LogP contribution in [0.3, 0.4) is 0 Å². The minimum Gasteiger partial charge on any atom is -0.612 e. The Labute approximate surface area is 297 Å². The van der Waals surface area contributed by atoms with Crippen LogP contribution in [0.15, 0.2) is 76.6 Å². The van der Waals surface area contributed by atoms with Crippen molar-refractivity contribution in [1.82, 2.24) is 14.7 Å². The average molecular weight is 734 g/mol. The van der Waals surface area contributed by atoms with Crippen LogP contribution in [0.1, 0.15) is 43.9 Å². The number of amidine groups is 1. The van der Waals surface area contributed by atoms with Gasteiger partial charge in [-0.3, -0.25) is 14.8 Å². The van der Waals surface area contributed by atoms with E-state index in [1.807, 2.05) is 74.2 Å². The number of nitrogens with zero attached hydrogens (tertiary/aromatic N) is 4. The van der Waals surface area contributed by atoms with Crippen LogP contribution in [0.4, 0.5) is 4.79 Å². The first-order valence-corrected chi connectivity index (χ1v) is 20.3. The van der Waals surface area contributed by atoms with Crippen molar-refractivity contribution in [3.63, 3.8) is 0 Å². The van der Waals surface area contributed by atoms with Gasteiger partial charge in [-0.1, -0.05) is 47.5 Å². The van der Waals surface area contributed by atoms with Crippen LogP contribution < -0.4 is 4.74 Å². The Morgan fingerprint density at radius 3 is 2.08 bits per heavy atom. The number of amides is 2. The summed E-state index contributed by atoms with van der Waals surface area (Å²) in [4.78, 5) is 26.9. The lowest BCUT2D eigenvalue weighted by Crippen LogP contribution is -2.60. The first-order valence-electron chi connectivity index (χ1n) is 15.9. The summed E-state index contributed by atoms with van der Waals surface area (Å²) in [5.74, 6) is 1.06. The lowest BCUT2D eigenvalue weighted by molar-refractivity contribution is 0.0868. The van der Waals surface area contributed by atoms with E-state index in [9.17, 15) is 13.0 Å². The number of aliphatic imine (C=N–C) groups is 1. The van der Waals surface area contributed by atoms with Crippen molar-refractivity contribution in [2.75, 3.05) is 57.6 Å². The molecule has 0 aliphatic carbocycles. The maximum atomic E-state index is 15.1. The molecule has 3 atom stereocenters. The highest BCUT2D eigenvalue weighted by Gasteiger charge is 2.60. The molecule has 48 heavy (non-hydrogen) atoms. The molecule has 0 bridgehead atoms. The zero-order chi connectivity index (χ0) is 34.9. The van der Waals surface area contributed by atoms with Crippen molar-refractivity contribution in [3.8, 4) is 5.75 Å². The normalized spacial score (nSPS) is 22.5. The molecule has 0 spiro atoms. The Kier molecular flexibility index (Phi) is 11.1. The Hall–Kier alpha value is -2.80. The van der Waals surface area contributed by atoms with Crippen LogP contribution in [-0.4, -0.2) is 97.1 Å². The molecule has 2 amide bonds. The molecule has 258 valence electrons. The van der Waals surface area contributed by atoms with E-state index in [2.05, 4.69) is 4.90 Å². The smallest absolute Gasteiger partial charge is 0.326 e. The quantitative estimate of drug-likeness (QED) is 0.230. The van der Waals surface area contributed by atoms with Gasteiger partial charge in [0.05, 0.1) is 17.9 Å². The topological polar surface area (TPSA) is 106 Å². The molecule has 2 aliphatic heterocycles. The third-order valence-corrected chi connectivity index (χ3v) is 11.8. The molecule has 3 aromatic carbocycles. The second-order valence-electron chi connectivity index (χ2n) is 12.6. The van der Waals surface area contributed by atoms with Gasteiger partial charge in [-0.15, -0.1) is 0 Å². The fourth-order valence-electron chi connectivity index (χ4n) is 6.57. The van der Waals surface area contributed by atoms with Crippen LogP contribution in [0, 0.1) is 0 Å². The molecule has 9 nitrogen and oxygen atoms in total. The van der Waals surface area contributed by atoms with Gasteiger partial charge in [-0.25, -0.2) is 13.2 Å². The van der Waals surface area contributed by atoms with Crippen molar-refractivity contribution in [2.24, 2.45) is 4.99 Å². The first kappa shape index (κ1) is 36.5.